The summed E-state index contributed by atoms with van der Waals surface area (Å²) < 4.78 is 24.3. The first kappa shape index (κ1) is 11.9. The van der Waals surface area contributed by atoms with Crippen LogP contribution in [0.15, 0.2) is 0 Å². The van der Waals surface area contributed by atoms with E-state index in [-0.39, 0.29) is 0 Å². The summed E-state index contributed by atoms with van der Waals surface area (Å²) in [6.45, 7) is 7.04. The highest BCUT2D eigenvalue weighted by Gasteiger charge is 2.24. The van der Waals surface area contributed by atoms with Crippen molar-refractivity contribution in [2.45, 2.75) is 26.3 Å². The Morgan fingerprint density at radius 2 is 2.14 bits per heavy atom. The van der Waals surface area contributed by atoms with Gasteiger partial charge in [0.25, 0.3) is 0 Å². The Kier molecular flexibility index (Phi) is 3.92. The van der Waals surface area contributed by atoms with E-state index in [2.05, 4.69) is 23.5 Å². The van der Waals surface area contributed by atoms with E-state index in [0.717, 1.165) is 19.5 Å². The average molecular weight is 220 g/mol. The molecule has 14 heavy (non-hydrogen) atoms. The van der Waals surface area contributed by atoms with E-state index in [1.54, 1.807) is 0 Å². The Balaban J connectivity index is 2.30. The second kappa shape index (κ2) is 4.59. The molecule has 0 bridgehead atoms. The van der Waals surface area contributed by atoms with Gasteiger partial charge in [0.05, 0.1) is 6.26 Å². The summed E-state index contributed by atoms with van der Waals surface area (Å²) in [5.74, 6) is 0.479. The molecule has 1 rings (SSSR count). The van der Waals surface area contributed by atoms with Gasteiger partial charge in [-0.1, -0.05) is 0 Å². The Morgan fingerprint density at radius 3 is 2.57 bits per heavy atom. The first-order valence-electron chi connectivity index (χ1n) is 5.07. The molecular formula is C9H20N2O2S. The van der Waals surface area contributed by atoms with Gasteiger partial charge in [0.1, 0.15) is 0 Å². The lowest BCUT2D eigenvalue weighted by Crippen LogP contribution is -2.32. The maximum absolute atomic E-state index is 10.9. The van der Waals surface area contributed by atoms with Gasteiger partial charge in [-0.25, -0.2) is 13.1 Å². The normalized spacial score (nSPS) is 24.7. The Morgan fingerprint density at radius 1 is 1.50 bits per heavy atom. The van der Waals surface area contributed by atoms with Crippen molar-refractivity contribution in [1.82, 2.24) is 9.62 Å². The third-order valence-electron chi connectivity index (χ3n) is 2.68. The topological polar surface area (TPSA) is 49.4 Å². The largest absolute Gasteiger partial charge is 0.301 e. The van der Waals surface area contributed by atoms with Crippen LogP contribution in [0.25, 0.3) is 0 Å². The summed E-state index contributed by atoms with van der Waals surface area (Å²) in [7, 11) is -3.02. The van der Waals surface area contributed by atoms with Gasteiger partial charge in [0, 0.05) is 19.1 Å². The summed E-state index contributed by atoms with van der Waals surface area (Å²) in [6, 6.07) is 0.568. The summed E-state index contributed by atoms with van der Waals surface area (Å²) in [5.41, 5.74) is 0. The van der Waals surface area contributed by atoms with E-state index in [4.69, 9.17) is 0 Å². The number of nitrogens with one attached hydrogen (secondary N) is 1. The van der Waals surface area contributed by atoms with Crippen LogP contribution in [0.4, 0.5) is 0 Å². The molecule has 0 aromatic rings. The van der Waals surface area contributed by atoms with Gasteiger partial charge < -0.3 is 4.90 Å². The summed E-state index contributed by atoms with van der Waals surface area (Å²) >= 11 is 0. The van der Waals surface area contributed by atoms with Gasteiger partial charge in [0.15, 0.2) is 0 Å². The lowest BCUT2D eigenvalue weighted by Gasteiger charge is -2.20. The van der Waals surface area contributed by atoms with Crippen molar-refractivity contribution in [3.8, 4) is 0 Å². The van der Waals surface area contributed by atoms with Gasteiger partial charge in [-0.3, -0.25) is 0 Å². The average Bonchev–Trinajstić information content (AvgIpc) is 2.47. The van der Waals surface area contributed by atoms with Crippen LogP contribution in [0.2, 0.25) is 0 Å². The molecule has 0 aromatic carbocycles. The SMILES string of the molecule is CC(C)N1CCC(CNS(C)(=O)=O)C1. The lowest BCUT2D eigenvalue weighted by atomic mass is 10.1. The second-order valence-corrected chi connectivity index (χ2v) is 6.20. The van der Waals surface area contributed by atoms with E-state index in [0.29, 0.717) is 18.5 Å². The highest BCUT2D eigenvalue weighted by Crippen LogP contribution is 2.17. The first-order chi connectivity index (χ1) is 6.38. The second-order valence-electron chi connectivity index (χ2n) is 4.36. The zero-order valence-corrected chi connectivity index (χ0v) is 9.97. The van der Waals surface area contributed by atoms with E-state index in [1.807, 2.05) is 0 Å². The molecule has 1 N–H and O–H groups in total. The number of nitrogens with zero attached hydrogens (tertiary/aromatic N) is 1. The van der Waals surface area contributed by atoms with Crippen LogP contribution in [0, 0.1) is 5.92 Å². The molecule has 1 saturated heterocycles. The smallest absolute Gasteiger partial charge is 0.208 e. The van der Waals surface area contributed by atoms with Gasteiger partial charge in [0.2, 0.25) is 10.0 Å². The highest BCUT2D eigenvalue weighted by atomic mass is 32.2. The standard InChI is InChI=1S/C9H20N2O2S/c1-8(2)11-5-4-9(7-11)6-10-14(3,12)13/h8-10H,4-7H2,1-3H3. The van der Waals surface area contributed by atoms with Crippen LogP contribution in [0.5, 0.6) is 0 Å². The molecule has 0 aromatic heterocycles. The molecule has 0 saturated carbocycles. The van der Waals surface area contributed by atoms with Gasteiger partial charge >= 0.3 is 0 Å². The summed E-state index contributed by atoms with van der Waals surface area (Å²) in [4.78, 5) is 2.38. The molecule has 4 nitrogen and oxygen atoms in total. The fourth-order valence-electron chi connectivity index (χ4n) is 1.77. The molecule has 1 atom stereocenters. The zero-order chi connectivity index (χ0) is 10.8. The van der Waals surface area contributed by atoms with Crippen LogP contribution in [-0.4, -0.2) is 45.2 Å². The van der Waals surface area contributed by atoms with E-state index >= 15 is 0 Å². The monoisotopic (exact) mass is 220 g/mol. The summed E-state index contributed by atoms with van der Waals surface area (Å²) in [5, 5.41) is 0. The predicted molar refractivity (Wildman–Crippen MR) is 57.7 cm³/mol. The number of sulfonamides is 1. The van der Waals surface area contributed by atoms with Crippen molar-refractivity contribution < 1.29 is 8.42 Å². The van der Waals surface area contributed by atoms with Crippen LogP contribution in [-0.2, 0) is 10.0 Å². The minimum atomic E-state index is -3.02. The predicted octanol–water partition coefficient (Wildman–Crippen LogP) is 0.266. The van der Waals surface area contributed by atoms with Crippen LogP contribution in [0.1, 0.15) is 20.3 Å². The van der Waals surface area contributed by atoms with Crippen molar-refractivity contribution in [1.29, 1.82) is 0 Å². The number of hydrogen-bond donors (Lipinski definition) is 1. The van der Waals surface area contributed by atoms with Crippen molar-refractivity contribution in [2.75, 3.05) is 25.9 Å². The van der Waals surface area contributed by atoms with Gasteiger partial charge in [-0.2, -0.15) is 0 Å². The minimum absolute atomic E-state index is 0.479. The van der Waals surface area contributed by atoms with Crippen LogP contribution >= 0.6 is 0 Å². The maximum Gasteiger partial charge on any atom is 0.208 e. The molecule has 5 heteroatoms. The number of rotatable bonds is 4. The van der Waals surface area contributed by atoms with Crippen molar-refractivity contribution in [3.63, 3.8) is 0 Å². The van der Waals surface area contributed by atoms with Crippen LogP contribution < -0.4 is 4.72 Å². The quantitative estimate of drug-likeness (QED) is 0.739. The van der Waals surface area contributed by atoms with Crippen LogP contribution in [0.3, 0.4) is 0 Å². The molecule has 0 aliphatic carbocycles. The molecule has 0 amide bonds. The first-order valence-corrected chi connectivity index (χ1v) is 6.96. The minimum Gasteiger partial charge on any atom is -0.301 e. The zero-order valence-electron chi connectivity index (χ0n) is 9.16. The van der Waals surface area contributed by atoms with E-state index in [9.17, 15) is 8.42 Å². The highest BCUT2D eigenvalue weighted by molar-refractivity contribution is 7.88. The Labute approximate surface area is 86.7 Å². The van der Waals surface area contributed by atoms with Crippen molar-refractivity contribution in [2.24, 2.45) is 5.92 Å². The fourth-order valence-corrected chi connectivity index (χ4v) is 2.31. The lowest BCUT2D eigenvalue weighted by molar-refractivity contribution is 0.265. The van der Waals surface area contributed by atoms with Gasteiger partial charge in [-0.15, -0.1) is 0 Å². The van der Waals surface area contributed by atoms with Crippen molar-refractivity contribution in [3.05, 3.63) is 0 Å². The van der Waals surface area contributed by atoms with Crippen molar-refractivity contribution >= 4 is 10.0 Å². The molecule has 0 spiro atoms. The molecule has 1 fully saturated rings. The fraction of sp³-hybridized carbons (Fsp3) is 1.00. The molecule has 84 valence electrons. The maximum atomic E-state index is 10.9. The third kappa shape index (κ3) is 3.94. The molecular weight excluding hydrogens is 200 g/mol. The molecule has 0 radical (unpaired) electrons. The Hall–Kier alpha value is -0.130. The molecule has 1 aliphatic rings. The number of hydrogen-bond acceptors (Lipinski definition) is 3. The number of likely N-dealkylation sites (tertiary alicyclic amines) is 1. The molecule has 1 aliphatic heterocycles. The molecule has 1 unspecified atom stereocenters. The van der Waals surface area contributed by atoms with E-state index in [1.165, 1.54) is 6.26 Å². The molecule has 1 heterocycles. The van der Waals surface area contributed by atoms with Gasteiger partial charge in [-0.05, 0) is 32.7 Å². The Bertz CT molecular complexity index is 275. The summed E-state index contributed by atoms with van der Waals surface area (Å²) in [6.07, 6.45) is 2.31. The van der Waals surface area contributed by atoms with E-state index < -0.39 is 10.0 Å². The third-order valence-corrected chi connectivity index (χ3v) is 3.37.